The molecule has 2 heterocycles. The van der Waals surface area contributed by atoms with E-state index in [2.05, 4.69) is 20.8 Å². The summed E-state index contributed by atoms with van der Waals surface area (Å²) in [5.74, 6) is -1.22. The van der Waals surface area contributed by atoms with Crippen molar-refractivity contribution >= 4 is 23.1 Å². The van der Waals surface area contributed by atoms with Gasteiger partial charge >= 0.3 is 6.18 Å². The molecule has 1 unspecified atom stereocenters. The van der Waals surface area contributed by atoms with Crippen molar-refractivity contribution in [1.29, 1.82) is 0 Å². The molecular formula is C25H24F3N5O2. The van der Waals surface area contributed by atoms with Gasteiger partial charge in [-0.15, -0.1) is 5.10 Å². The van der Waals surface area contributed by atoms with Crippen LogP contribution in [0.2, 0.25) is 0 Å². The Morgan fingerprint density at radius 3 is 2.57 bits per heavy atom. The fraction of sp³-hybridized carbons (Fsp3) is 0.280. The number of alkyl halides is 3. The van der Waals surface area contributed by atoms with Gasteiger partial charge in [-0.2, -0.15) is 18.3 Å². The molecule has 1 aromatic heterocycles. The van der Waals surface area contributed by atoms with Gasteiger partial charge in [-0.05, 0) is 36.2 Å². The summed E-state index contributed by atoms with van der Waals surface area (Å²) < 4.78 is 40.7. The van der Waals surface area contributed by atoms with Crippen LogP contribution in [0.3, 0.4) is 0 Å². The third-order valence-electron chi connectivity index (χ3n) is 5.89. The Morgan fingerprint density at radius 1 is 1.11 bits per heavy atom. The Labute approximate surface area is 200 Å². The Hall–Kier alpha value is -3.79. The maximum atomic E-state index is 13.6. The summed E-state index contributed by atoms with van der Waals surface area (Å²) >= 11 is 0. The van der Waals surface area contributed by atoms with Gasteiger partial charge in [0.1, 0.15) is 6.04 Å². The maximum absolute atomic E-state index is 13.6. The topological polar surface area (TPSA) is 87.2 Å². The number of rotatable bonds is 6. The molecule has 2 N–H and O–H groups in total. The number of piperazine rings is 1. The van der Waals surface area contributed by atoms with Gasteiger partial charge in [-0.25, -0.2) is 0 Å². The molecule has 1 aliphatic rings. The molecule has 3 aromatic rings. The Balaban J connectivity index is 1.65. The van der Waals surface area contributed by atoms with Crippen LogP contribution in [0.4, 0.5) is 24.5 Å². The van der Waals surface area contributed by atoms with Crippen molar-refractivity contribution in [2.75, 3.05) is 29.9 Å². The second-order valence-electron chi connectivity index (χ2n) is 8.09. The molecule has 1 aliphatic heterocycles. The molecule has 1 atom stereocenters. The minimum Gasteiger partial charge on any atom is -0.357 e. The largest absolute Gasteiger partial charge is 0.417 e. The summed E-state index contributed by atoms with van der Waals surface area (Å²) in [6.07, 6.45) is -2.43. The number of halogens is 3. The predicted octanol–water partition coefficient (Wildman–Crippen LogP) is 3.97. The molecule has 2 aromatic carbocycles. The zero-order valence-electron chi connectivity index (χ0n) is 19.0. The molecular weight excluding hydrogens is 459 g/mol. The lowest BCUT2D eigenvalue weighted by Crippen LogP contribution is -2.55. The normalized spacial score (nSPS) is 16.1. The van der Waals surface area contributed by atoms with E-state index in [9.17, 15) is 22.8 Å². The molecule has 1 saturated heterocycles. The van der Waals surface area contributed by atoms with Gasteiger partial charge in [0.05, 0.1) is 17.4 Å². The summed E-state index contributed by atoms with van der Waals surface area (Å²) in [5.41, 5.74) is 0.586. The molecule has 0 bridgehead atoms. The monoisotopic (exact) mass is 483 g/mol. The molecule has 10 heteroatoms. The van der Waals surface area contributed by atoms with Crippen molar-refractivity contribution in [3.63, 3.8) is 0 Å². The fourth-order valence-electron chi connectivity index (χ4n) is 4.08. The van der Waals surface area contributed by atoms with Crippen LogP contribution in [0.25, 0.3) is 0 Å². The van der Waals surface area contributed by atoms with E-state index in [1.165, 1.54) is 24.4 Å². The number of Topliss-reactive ketones (excluding diaryl/α,β-unsaturated/α-hetero) is 1. The molecule has 4 rings (SSSR count). The number of carbonyl (C=O) groups is 2. The zero-order valence-corrected chi connectivity index (χ0v) is 19.0. The summed E-state index contributed by atoms with van der Waals surface area (Å²) in [4.78, 5) is 28.1. The van der Waals surface area contributed by atoms with E-state index < -0.39 is 35.0 Å². The first-order valence-electron chi connectivity index (χ1n) is 11.2. The van der Waals surface area contributed by atoms with E-state index in [1.807, 2.05) is 19.1 Å². The third-order valence-corrected chi connectivity index (χ3v) is 5.89. The molecule has 0 radical (unpaired) electrons. The fourth-order valence-corrected chi connectivity index (χ4v) is 4.08. The second-order valence-corrected chi connectivity index (χ2v) is 8.09. The number of benzene rings is 2. The summed E-state index contributed by atoms with van der Waals surface area (Å²) in [6, 6.07) is 12.7. The summed E-state index contributed by atoms with van der Waals surface area (Å²) in [5, 5.41) is 13.6. The number of anilines is 2. The number of aromatic nitrogens is 2. The molecule has 7 nitrogen and oxygen atoms in total. The second kappa shape index (κ2) is 10.2. The van der Waals surface area contributed by atoms with E-state index in [1.54, 1.807) is 23.1 Å². The molecule has 1 amide bonds. The van der Waals surface area contributed by atoms with Crippen molar-refractivity contribution in [3.05, 3.63) is 83.2 Å². The first-order chi connectivity index (χ1) is 16.8. The highest BCUT2D eigenvalue weighted by atomic mass is 19.4. The molecule has 35 heavy (non-hydrogen) atoms. The van der Waals surface area contributed by atoms with Crippen molar-refractivity contribution in [2.45, 2.75) is 25.6 Å². The van der Waals surface area contributed by atoms with Crippen molar-refractivity contribution in [3.8, 4) is 0 Å². The number of aryl methyl sites for hydroxylation is 1. The van der Waals surface area contributed by atoms with Gasteiger partial charge in [0.15, 0.2) is 11.5 Å². The minimum absolute atomic E-state index is 0.0177. The molecule has 0 saturated carbocycles. The number of hydrogen-bond donors (Lipinski definition) is 2. The van der Waals surface area contributed by atoms with Gasteiger partial charge in [0.25, 0.3) is 5.91 Å². The zero-order chi connectivity index (χ0) is 25.0. The molecule has 182 valence electrons. The van der Waals surface area contributed by atoms with E-state index >= 15 is 0 Å². The smallest absolute Gasteiger partial charge is 0.357 e. The summed E-state index contributed by atoms with van der Waals surface area (Å²) in [7, 11) is 0. The average Bonchev–Trinajstić information content (AvgIpc) is 2.88. The number of ketones is 1. The first kappa shape index (κ1) is 24.3. The number of amides is 1. The quantitative estimate of drug-likeness (QED) is 0.516. The summed E-state index contributed by atoms with van der Waals surface area (Å²) in [6.45, 7) is 2.92. The maximum Gasteiger partial charge on any atom is 0.417 e. The highest BCUT2D eigenvalue weighted by Gasteiger charge is 2.39. The van der Waals surface area contributed by atoms with Gasteiger partial charge in [0, 0.05) is 30.9 Å². The lowest BCUT2D eigenvalue weighted by Gasteiger charge is -2.37. The lowest BCUT2D eigenvalue weighted by atomic mass is 9.96. The van der Waals surface area contributed by atoms with Crippen LogP contribution in [0.15, 0.2) is 60.8 Å². The van der Waals surface area contributed by atoms with Gasteiger partial charge in [-0.1, -0.05) is 37.3 Å². The highest BCUT2D eigenvalue weighted by Crippen LogP contribution is 2.33. The van der Waals surface area contributed by atoms with Crippen molar-refractivity contribution in [2.24, 2.45) is 0 Å². The standard InChI is InChI=1S/C25H24F3N5O2/c1-2-16-7-9-17(10-8-16)31-24(35)22-20(11-12-30-32-22)33-14-13-29-15-21(33)23(34)18-5-3-4-6-19(18)25(26,27)28/h3-12,21,29H,2,13-15H2,1H3,(H,31,35). The van der Waals surface area contributed by atoms with E-state index in [4.69, 9.17) is 0 Å². The number of nitrogens with zero attached hydrogens (tertiary/aromatic N) is 3. The van der Waals surface area contributed by atoms with Crippen molar-refractivity contribution < 1.29 is 22.8 Å². The SMILES string of the molecule is CCc1ccc(NC(=O)c2nnccc2N2CCNCC2C(=O)c2ccccc2C(F)(F)F)cc1. The van der Waals surface area contributed by atoms with E-state index in [0.29, 0.717) is 24.5 Å². The van der Waals surface area contributed by atoms with Crippen LogP contribution in [-0.2, 0) is 12.6 Å². The average molecular weight is 483 g/mol. The number of carbonyl (C=O) groups excluding carboxylic acids is 2. The van der Waals surface area contributed by atoms with Crippen molar-refractivity contribution in [1.82, 2.24) is 15.5 Å². The van der Waals surface area contributed by atoms with Crippen LogP contribution in [0.5, 0.6) is 0 Å². The predicted molar refractivity (Wildman–Crippen MR) is 126 cm³/mol. The van der Waals surface area contributed by atoms with Crippen LogP contribution in [0, 0.1) is 0 Å². The van der Waals surface area contributed by atoms with Gasteiger partial charge in [0.2, 0.25) is 0 Å². The van der Waals surface area contributed by atoms with Crippen LogP contribution in [0.1, 0.15) is 38.9 Å². The Kier molecular flexibility index (Phi) is 7.11. The Morgan fingerprint density at radius 2 is 1.86 bits per heavy atom. The van der Waals surface area contributed by atoms with Gasteiger partial charge < -0.3 is 15.5 Å². The van der Waals surface area contributed by atoms with Gasteiger partial charge in [-0.3, -0.25) is 9.59 Å². The van der Waals surface area contributed by atoms with E-state index in [0.717, 1.165) is 18.1 Å². The van der Waals surface area contributed by atoms with Crippen LogP contribution < -0.4 is 15.5 Å². The Bertz CT molecular complexity index is 1210. The molecule has 1 fully saturated rings. The number of nitrogens with one attached hydrogen (secondary N) is 2. The molecule has 0 spiro atoms. The number of hydrogen-bond acceptors (Lipinski definition) is 6. The van der Waals surface area contributed by atoms with Crippen LogP contribution >= 0.6 is 0 Å². The lowest BCUT2D eigenvalue weighted by molar-refractivity contribution is -0.137. The third kappa shape index (κ3) is 5.32. The first-order valence-corrected chi connectivity index (χ1v) is 11.2. The van der Waals surface area contributed by atoms with Crippen LogP contribution in [-0.4, -0.2) is 47.6 Å². The molecule has 0 aliphatic carbocycles. The minimum atomic E-state index is -4.67. The highest BCUT2D eigenvalue weighted by molar-refractivity contribution is 6.08. The van der Waals surface area contributed by atoms with E-state index in [-0.39, 0.29) is 12.2 Å².